The van der Waals surface area contributed by atoms with Crippen molar-refractivity contribution in [1.29, 1.82) is 0 Å². The lowest BCUT2D eigenvalue weighted by molar-refractivity contribution is -0.385. The monoisotopic (exact) mass is 343 g/mol. The molecule has 2 rings (SSSR count). The number of nitro groups is 1. The Morgan fingerprint density at radius 1 is 1.60 bits per heavy atom. The average molecular weight is 344 g/mol. The SMILES string of the molecule is CC1(C(=O)O)CCCCN1c1ncc([N+](=O)[O-])cc1Br. The number of nitrogens with zero attached hydrogens (tertiary/aromatic N) is 3. The molecule has 108 valence electrons. The Balaban J connectivity index is 2.43. The molecule has 20 heavy (non-hydrogen) atoms. The molecule has 1 unspecified atom stereocenters. The van der Waals surface area contributed by atoms with Gasteiger partial charge in [-0.25, -0.2) is 9.78 Å². The van der Waals surface area contributed by atoms with Crippen LogP contribution in [0.2, 0.25) is 0 Å². The van der Waals surface area contributed by atoms with Gasteiger partial charge in [0, 0.05) is 12.6 Å². The molecular weight excluding hydrogens is 330 g/mol. The highest BCUT2D eigenvalue weighted by molar-refractivity contribution is 9.10. The first-order valence-corrected chi connectivity index (χ1v) is 6.96. The Kier molecular flexibility index (Phi) is 3.94. The van der Waals surface area contributed by atoms with Crippen LogP contribution in [0.15, 0.2) is 16.7 Å². The van der Waals surface area contributed by atoms with Crippen molar-refractivity contribution in [3.8, 4) is 0 Å². The summed E-state index contributed by atoms with van der Waals surface area (Å²) in [5.41, 5.74) is -1.17. The van der Waals surface area contributed by atoms with Crippen molar-refractivity contribution in [2.45, 2.75) is 31.7 Å². The van der Waals surface area contributed by atoms with E-state index in [2.05, 4.69) is 20.9 Å². The van der Waals surface area contributed by atoms with Gasteiger partial charge in [-0.2, -0.15) is 0 Å². The zero-order valence-corrected chi connectivity index (χ0v) is 12.5. The first-order valence-electron chi connectivity index (χ1n) is 6.17. The van der Waals surface area contributed by atoms with Gasteiger partial charge in [0.2, 0.25) is 0 Å². The third-order valence-electron chi connectivity index (χ3n) is 3.63. The Bertz CT molecular complexity index is 566. The first kappa shape index (κ1) is 14.7. The molecule has 0 saturated carbocycles. The van der Waals surface area contributed by atoms with Crippen LogP contribution in [-0.4, -0.2) is 33.1 Å². The highest BCUT2D eigenvalue weighted by Crippen LogP contribution is 2.36. The normalized spacial score (nSPS) is 22.6. The Hall–Kier alpha value is -1.70. The number of carbonyl (C=O) groups is 1. The molecule has 0 amide bonds. The van der Waals surface area contributed by atoms with E-state index in [0.717, 1.165) is 19.0 Å². The Morgan fingerprint density at radius 2 is 2.30 bits per heavy atom. The van der Waals surface area contributed by atoms with Crippen molar-refractivity contribution in [3.63, 3.8) is 0 Å². The number of anilines is 1. The van der Waals surface area contributed by atoms with Gasteiger partial charge in [0.25, 0.3) is 5.69 Å². The summed E-state index contributed by atoms with van der Waals surface area (Å²) in [7, 11) is 0. The quantitative estimate of drug-likeness (QED) is 0.669. The molecular formula is C12H14BrN3O4. The van der Waals surface area contributed by atoms with E-state index in [1.807, 2.05) is 0 Å². The first-order chi connectivity index (χ1) is 9.36. The zero-order valence-electron chi connectivity index (χ0n) is 10.9. The van der Waals surface area contributed by atoms with Crippen molar-refractivity contribution in [2.75, 3.05) is 11.4 Å². The fraction of sp³-hybridized carbons (Fsp3) is 0.500. The molecule has 1 N–H and O–H groups in total. The highest BCUT2D eigenvalue weighted by atomic mass is 79.9. The molecule has 0 aromatic carbocycles. The van der Waals surface area contributed by atoms with Crippen LogP contribution in [-0.2, 0) is 4.79 Å². The van der Waals surface area contributed by atoms with Crippen molar-refractivity contribution in [1.82, 2.24) is 4.98 Å². The Labute approximate surface area is 123 Å². The van der Waals surface area contributed by atoms with Crippen LogP contribution in [0.4, 0.5) is 11.5 Å². The molecule has 1 aliphatic rings. The van der Waals surface area contributed by atoms with E-state index in [0.29, 0.717) is 23.3 Å². The van der Waals surface area contributed by atoms with Crippen LogP contribution < -0.4 is 4.90 Å². The summed E-state index contributed by atoms with van der Waals surface area (Å²) in [6, 6.07) is 1.35. The number of hydrogen-bond donors (Lipinski definition) is 1. The number of rotatable bonds is 3. The topological polar surface area (TPSA) is 96.6 Å². The molecule has 2 heterocycles. The van der Waals surface area contributed by atoms with Gasteiger partial charge in [-0.15, -0.1) is 0 Å². The average Bonchev–Trinajstić information content (AvgIpc) is 2.39. The van der Waals surface area contributed by atoms with Gasteiger partial charge in [-0.1, -0.05) is 0 Å². The molecule has 0 bridgehead atoms. The minimum absolute atomic E-state index is 0.130. The largest absolute Gasteiger partial charge is 0.480 e. The van der Waals surface area contributed by atoms with Crippen LogP contribution >= 0.6 is 15.9 Å². The van der Waals surface area contributed by atoms with E-state index in [1.54, 1.807) is 11.8 Å². The minimum atomic E-state index is -1.04. The van der Waals surface area contributed by atoms with E-state index in [9.17, 15) is 20.0 Å². The maximum absolute atomic E-state index is 11.6. The second-order valence-electron chi connectivity index (χ2n) is 4.94. The Morgan fingerprint density at radius 3 is 2.85 bits per heavy atom. The summed E-state index contributed by atoms with van der Waals surface area (Å²) in [6.45, 7) is 2.22. The van der Waals surface area contributed by atoms with Crippen LogP contribution in [0.3, 0.4) is 0 Å². The molecule has 1 aromatic heterocycles. The lowest BCUT2D eigenvalue weighted by Crippen LogP contribution is -2.55. The number of carboxylic acids is 1. The maximum atomic E-state index is 11.6. The lowest BCUT2D eigenvalue weighted by Gasteiger charge is -2.42. The summed E-state index contributed by atoms with van der Waals surface area (Å²) in [4.78, 5) is 27.5. The second kappa shape index (κ2) is 5.35. The van der Waals surface area contributed by atoms with Crippen molar-refractivity contribution < 1.29 is 14.8 Å². The summed E-state index contributed by atoms with van der Waals surface area (Å²) in [6.07, 6.45) is 3.38. The molecule has 1 saturated heterocycles. The molecule has 1 atom stereocenters. The molecule has 0 aliphatic carbocycles. The van der Waals surface area contributed by atoms with Gasteiger partial charge in [0.15, 0.2) is 0 Å². The predicted octanol–water partition coefficient (Wildman–Crippen LogP) is 2.59. The lowest BCUT2D eigenvalue weighted by atomic mass is 9.88. The number of hydrogen-bond acceptors (Lipinski definition) is 5. The van der Waals surface area contributed by atoms with E-state index in [4.69, 9.17) is 0 Å². The third kappa shape index (κ3) is 2.47. The molecule has 1 aliphatic heterocycles. The van der Waals surface area contributed by atoms with Gasteiger partial charge in [-0.3, -0.25) is 10.1 Å². The van der Waals surface area contributed by atoms with Gasteiger partial charge < -0.3 is 10.0 Å². The maximum Gasteiger partial charge on any atom is 0.329 e. The van der Waals surface area contributed by atoms with E-state index >= 15 is 0 Å². The van der Waals surface area contributed by atoms with Crippen molar-refractivity contribution in [3.05, 3.63) is 26.9 Å². The van der Waals surface area contributed by atoms with E-state index in [-0.39, 0.29) is 5.69 Å². The zero-order chi connectivity index (χ0) is 14.9. The van der Waals surface area contributed by atoms with Gasteiger partial charge in [0.1, 0.15) is 17.6 Å². The fourth-order valence-corrected chi connectivity index (χ4v) is 2.95. The standard InChI is InChI=1S/C12H14BrN3O4/c1-12(11(17)18)4-2-3-5-15(12)10-9(13)6-8(7-14-10)16(19)20/h6-7H,2-5H2,1H3,(H,17,18). The van der Waals surface area contributed by atoms with E-state index < -0.39 is 16.4 Å². The number of aliphatic carboxylic acids is 1. The van der Waals surface area contributed by atoms with Crippen LogP contribution in [0.25, 0.3) is 0 Å². The second-order valence-corrected chi connectivity index (χ2v) is 5.80. The van der Waals surface area contributed by atoms with Crippen LogP contribution in [0, 0.1) is 10.1 Å². The number of aromatic nitrogens is 1. The minimum Gasteiger partial charge on any atom is -0.480 e. The number of pyridine rings is 1. The predicted molar refractivity (Wildman–Crippen MR) is 75.8 cm³/mol. The molecule has 8 heteroatoms. The van der Waals surface area contributed by atoms with Crippen LogP contribution in [0.1, 0.15) is 26.2 Å². The molecule has 0 radical (unpaired) electrons. The number of halogens is 1. The summed E-state index contributed by atoms with van der Waals surface area (Å²) in [5.74, 6) is -0.482. The van der Waals surface area contributed by atoms with Gasteiger partial charge in [-0.05, 0) is 42.1 Å². The van der Waals surface area contributed by atoms with Crippen molar-refractivity contribution in [2.24, 2.45) is 0 Å². The summed E-state index contributed by atoms with van der Waals surface area (Å²) in [5, 5.41) is 20.2. The van der Waals surface area contributed by atoms with Crippen molar-refractivity contribution >= 4 is 33.4 Å². The van der Waals surface area contributed by atoms with Gasteiger partial charge in [0.05, 0.1) is 9.40 Å². The summed E-state index contributed by atoms with van der Waals surface area (Å²) < 4.78 is 0.432. The molecule has 1 aromatic rings. The molecule has 7 nitrogen and oxygen atoms in total. The smallest absolute Gasteiger partial charge is 0.329 e. The van der Waals surface area contributed by atoms with E-state index in [1.165, 1.54) is 6.07 Å². The molecule has 0 spiro atoms. The number of carboxylic acid groups (broad SMARTS) is 1. The fourth-order valence-electron chi connectivity index (χ4n) is 2.40. The highest BCUT2D eigenvalue weighted by Gasteiger charge is 2.42. The third-order valence-corrected chi connectivity index (χ3v) is 4.21. The summed E-state index contributed by atoms with van der Waals surface area (Å²) >= 11 is 3.25. The van der Waals surface area contributed by atoms with Crippen LogP contribution in [0.5, 0.6) is 0 Å². The van der Waals surface area contributed by atoms with Gasteiger partial charge >= 0.3 is 5.97 Å². The number of piperidine rings is 1. The molecule has 1 fully saturated rings.